The summed E-state index contributed by atoms with van der Waals surface area (Å²) in [7, 11) is -3.25. The van der Waals surface area contributed by atoms with E-state index in [0.29, 0.717) is 23.6 Å². The van der Waals surface area contributed by atoms with Gasteiger partial charge < -0.3 is 29.2 Å². The zero-order valence-corrected chi connectivity index (χ0v) is 25.0. The third-order valence-electron chi connectivity index (χ3n) is 6.27. The van der Waals surface area contributed by atoms with Crippen LogP contribution in [-0.4, -0.2) is 99.1 Å². The first-order valence-corrected chi connectivity index (χ1v) is 14.6. The first kappa shape index (κ1) is 32.8. The molecule has 2 unspecified atom stereocenters. The number of carbonyl (C=O) groups is 2. The fourth-order valence-corrected chi connectivity index (χ4v) is 5.76. The number of fused-ring (bicyclic) bond motifs is 1. The van der Waals surface area contributed by atoms with Crippen molar-refractivity contribution in [3.63, 3.8) is 0 Å². The summed E-state index contributed by atoms with van der Waals surface area (Å²) in [5.41, 5.74) is -1.26. The van der Waals surface area contributed by atoms with Gasteiger partial charge in [-0.25, -0.2) is 24.4 Å². The van der Waals surface area contributed by atoms with Crippen molar-refractivity contribution in [3.8, 4) is 5.88 Å². The van der Waals surface area contributed by atoms with Crippen LogP contribution in [0.3, 0.4) is 0 Å². The Kier molecular flexibility index (Phi) is 10.8. The first-order chi connectivity index (χ1) is 19.3. The number of imidazole rings is 1. The molecule has 0 aromatic carbocycles. The van der Waals surface area contributed by atoms with Crippen molar-refractivity contribution in [2.75, 3.05) is 33.5 Å². The zero-order valence-electron chi connectivity index (χ0n) is 24.1. The summed E-state index contributed by atoms with van der Waals surface area (Å²) in [6, 6.07) is -1.13. The molecule has 6 atom stereocenters. The summed E-state index contributed by atoms with van der Waals surface area (Å²) >= 11 is 0. The molecule has 3 rings (SSSR count). The van der Waals surface area contributed by atoms with Crippen molar-refractivity contribution >= 4 is 30.8 Å². The standard InChI is InChI=1S/C24H38N5O11P/c1-8-36-16(30)11-39-41(34,28-17(13(3)4)22(32)35-7)38-10-15-19(31)24(6,33)23(40-15)29-12-25-18-20(29)26-14(5)27-21(18)37-9-2/h12-13,15,17,19,23,31,33H,8-11H2,1-7H3,(H,28,34)/t15-,17+,19?,23-,24+,41?/m1/s1. The molecule has 0 bridgehead atoms. The lowest BCUT2D eigenvalue weighted by molar-refractivity contribution is -0.145. The maximum atomic E-state index is 13.7. The average molecular weight is 604 g/mol. The maximum Gasteiger partial charge on any atom is 0.406 e. The van der Waals surface area contributed by atoms with Crippen LogP contribution in [0, 0.1) is 12.8 Å². The molecular formula is C24H38N5O11P. The normalized spacial score (nSPS) is 24.8. The number of rotatable bonds is 14. The van der Waals surface area contributed by atoms with Crippen molar-refractivity contribution in [2.45, 2.75) is 71.6 Å². The van der Waals surface area contributed by atoms with Gasteiger partial charge in [0, 0.05) is 0 Å². The lowest BCUT2D eigenvalue weighted by Crippen LogP contribution is -2.45. The molecule has 0 aliphatic carbocycles. The molecule has 2 aromatic rings. The molecule has 2 aromatic heterocycles. The molecule has 16 nitrogen and oxygen atoms in total. The van der Waals surface area contributed by atoms with E-state index in [1.165, 1.54) is 24.9 Å². The molecule has 0 amide bonds. The second kappa shape index (κ2) is 13.5. The van der Waals surface area contributed by atoms with Crippen LogP contribution in [0.15, 0.2) is 6.33 Å². The minimum atomic E-state index is -4.42. The third kappa shape index (κ3) is 7.38. The quantitative estimate of drug-likeness (QED) is 0.204. The average Bonchev–Trinajstić information content (AvgIpc) is 3.42. The topological polar surface area (TPSA) is 203 Å². The van der Waals surface area contributed by atoms with Crippen LogP contribution in [0.25, 0.3) is 11.2 Å². The number of nitrogens with zero attached hydrogens (tertiary/aromatic N) is 4. The maximum absolute atomic E-state index is 13.7. The largest absolute Gasteiger partial charge is 0.476 e. The van der Waals surface area contributed by atoms with Crippen LogP contribution >= 0.6 is 7.75 Å². The number of aryl methyl sites for hydroxylation is 1. The molecule has 1 aliphatic heterocycles. The number of hydrogen-bond donors (Lipinski definition) is 3. The number of esters is 2. The van der Waals surface area contributed by atoms with E-state index in [-0.39, 0.29) is 12.5 Å². The predicted molar refractivity (Wildman–Crippen MR) is 142 cm³/mol. The van der Waals surface area contributed by atoms with Gasteiger partial charge in [-0.3, -0.25) is 18.4 Å². The van der Waals surface area contributed by atoms with E-state index in [0.717, 1.165) is 0 Å². The van der Waals surface area contributed by atoms with E-state index in [1.54, 1.807) is 34.6 Å². The molecule has 3 N–H and O–H groups in total. The van der Waals surface area contributed by atoms with Gasteiger partial charge in [-0.1, -0.05) is 13.8 Å². The van der Waals surface area contributed by atoms with Gasteiger partial charge in [-0.15, -0.1) is 0 Å². The number of aliphatic hydroxyl groups is 2. The molecule has 1 fully saturated rings. The summed E-state index contributed by atoms with van der Waals surface area (Å²) in [5, 5.41) is 24.8. The van der Waals surface area contributed by atoms with Crippen LogP contribution in [0.4, 0.5) is 0 Å². The molecule has 0 saturated carbocycles. The van der Waals surface area contributed by atoms with E-state index in [1.807, 2.05) is 0 Å². The molecule has 3 heterocycles. The van der Waals surface area contributed by atoms with Gasteiger partial charge in [-0.05, 0) is 33.6 Å². The number of carbonyl (C=O) groups excluding carboxylic acids is 2. The van der Waals surface area contributed by atoms with Crippen LogP contribution < -0.4 is 9.82 Å². The first-order valence-electron chi connectivity index (χ1n) is 13.1. The van der Waals surface area contributed by atoms with Crippen molar-refractivity contribution in [2.24, 2.45) is 5.92 Å². The smallest absolute Gasteiger partial charge is 0.406 e. The molecular weight excluding hydrogens is 565 g/mol. The molecule has 230 valence electrons. The van der Waals surface area contributed by atoms with Crippen molar-refractivity contribution in [1.29, 1.82) is 0 Å². The number of nitrogens with one attached hydrogen (secondary N) is 1. The molecule has 0 radical (unpaired) electrons. The highest BCUT2D eigenvalue weighted by atomic mass is 31.2. The number of ether oxygens (including phenoxy) is 4. The molecule has 41 heavy (non-hydrogen) atoms. The van der Waals surface area contributed by atoms with E-state index >= 15 is 0 Å². The van der Waals surface area contributed by atoms with E-state index in [9.17, 15) is 24.4 Å². The zero-order chi connectivity index (χ0) is 30.5. The third-order valence-corrected chi connectivity index (χ3v) is 7.83. The van der Waals surface area contributed by atoms with Crippen molar-refractivity contribution in [1.82, 2.24) is 24.6 Å². The van der Waals surface area contributed by atoms with Crippen LogP contribution in [0.2, 0.25) is 0 Å². The molecule has 0 spiro atoms. The Morgan fingerprint density at radius 1 is 1.24 bits per heavy atom. The number of hydrogen-bond acceptors (Lipinski definition) is 14. The van der Waals surface area contributed by atoms with Crippen molar-refractivity contribution in [3.05, 3.63) is 12.2 Å². The van der Waals surface area contributed by atoms with Crippen molar-refractivity contribution < 1.29 is 52.4 Å². The minimum absolute atomic E-state index is 0.0651. The highest BCUT2D eigenvalue weighted by Gasteiger charge is 2.54. The highest BCUT2D eigenvalue weighted by molar-refractivity contribution is 7.51. The van der Waals surface area contributed by atoms with Gasteiger partial charge >= 0.3 is 19.7 Å². The van der Waals surface area contributed by atoms with Crippen LogP contribution in [-0.2, 0) is 37.4 Å². The summed E-state index contributed by atoms with van der Waals surface area (Å²) in [4.78, 5) is 37.2. The lowest BCUT2D eigenvalue weighted by atomic mass is 9.96. The van der Waals surface area contributed by atoms with E-state index in [4.69, 9.17) is 28.0 Å². The van der Waals surface area contributed by atoms with Gasteiger partial charge in [0.25, 0.3) is 0 Å². The Bertz CT molecular complexity index is 1270. The van der Waals surface area contributed by atoms with Gasteiger partial charge in [0.05, 0.1) is 33.3 Å². The van der Waals surface area contributed by atoms with Gasteiger partial charge in [0.2, 0.25) is 5.88 Å². The monoisotopic (exact) mass is 603 g/mol. The Morgan fingerprint density at radius 3 is 2.56 bits per heavy atom. The number of aromatic nitrogens is 4. The van der Waals surface area contributed by atoms with Crippen LogP contribution in [0.1, 0.15) is 46.7 Å². The highest BCUT2D eigenvalue weighted by Crippen LogP contribution is 2.47. The van der Waals surface area contributed by atoms with Gasteiger partial charge in [0.15, 0.2) is 24.0 Å². The second-order valence-electron chi connectivity index (χ2n) is 9.78. The lowest BCUT2D eigenvalue weighted by Gasteiger charge is -2.28. The summed E-state index contributed by atoms with van der Waals surface area (Å²) < 4.78 is 47.0. The Morgan fingerprint density at radius 2 is 1.95 bits per heavy atom. The second-order valence-corrected chi connectivity index (χ2v) is 11.5. The van der Waals surface area contributed by atoms with Crippen LogP contribution in [0.5, 0.6) is 5.88 Å². The Hall–Kier alpha value is -2.72. The minimum Gasteiger partial charge on any atom is -0.476 e. The number of aliphatic hydroxyl groups excluding tert-OH is 1. The summed E-state index contributed by atoms with van der Waals surface area (Å²) in [6.07, 6.45) is -2.61. The Balaban J connectivity index is 1.86. The van der Waals surface area contributed by atoms with Gasteiger partial charge in [0.1, 0.15) is 29.7 Å². The molecule has 1 aliphatic rings. The fourth-order valence-electron chi connectivity index (χ4n) is 4.18. The van der Waals surface area contributed by atoms with Gasteiger partial charge in [-0.2, -0.15) is 4.98 Å². The molecule has 1 saturated heterocycles. The predicted octanol–water partition coefficient (Wildman–Crippen LogP) is 1.03. The van der Waals surface area contributed by atoms with E-state index < -0.39 is 68.9 Å². The Labute approximate surface area is 237 Å². The van der Waals surface area contributed by atoms with E-state index in [2.05, 4.69) is 20.0 Å². The molecule has 17 heteroatoms. The fraction of sp³-hybridized carbons (Fsp3) is 0.708. The number of methoxy groups -OCH3 is 1. The SMILES string of the molecule is CCOC(=O)COP(=O)(N[C@H](C(=O)OC)C(C)C)OC[C@H]1O[C@@H](n2cnc3c(OCC)nc(C)nc32)[C@@](C)(O)C1O. The summed E-state index contributed by atoms with van der Waals surface area (Å²) in [6.45, 7) is 8.84. The summed E-state index contributed by atoms with van der Waals surface area (Å²) in [5.74, 6) is -1.32.